The average molecular weight is 152 g/mol. The molecule has 3 N–H and O–H groups in total. The van der Waals surface area contributed by atoms with E-state index < -0.39 is 0 Å². The molecule has 0 radical (unpaired) electrons. The molecule has 0 spiro atoms. The second-order valence-corrected chi connectivity index (χ2v) is 3.39. The van der Waals surface area contributed by atoms with Crippen molar-refractivity contribution in [2.24, 2.45) is 11.7 Å². The van der Waals surface area contributed by atoms with Crippen molar-refractivity contribution in [1.29, 1.82) is 0 Å². The molecule has 60 valence electrons. The summed E-state index contributed by atoms with van der Waals surface area (Å²) >= 11 is 0. The van der Waals surface area contributed by atoms with Gasteiger partial charge in [0, 0.05) is 0 Å². The van der Waals surface area contributed by atoms with Crippen LogP contribution in [0.5, 0.6) is 0 Å². The van der Waals surface area contributed by atoms with Gasteiger partial charge >= 0.3 is 0 Å². The van der Waals surface area contributed by atoms with Gasteiger partial charge in [0.2, 0.25) is 0 Å². The third-order valence-corrected chi connectivity index (χ3v) is 2.35. The quantitative estimate of drug-likeness (QED) is 0.644. The summed E-state index contributed by atoms with van der Waals surface area (Å²) in [6, 6.07) is 0. The second-order valence-electron chi connectivity index (χ2n) is 3.39. The molecule has 4 nitrogen and oxygen atoms in total. The normalized spacial score (nSPS) is 23.1. The molecule has 0 saturated heterocycles. The van der Waals surface area contributed by atoms with Crippen LogP contribution in [0.3, 0.4) is 0 Å². The molecule has 1 unspecified atom stereocenters. The SMILES string of the molecule is CC(N)(c1ncn[nH]1)C1CC1. The van der Waals surface area contributed by atoms with Crippen molar-refractivity contribution in [2.75, 3.05) is 0 Å². The Morgan fingerprint density at radius 2 is 2.45 bits per heavy atom. The van der Waals surface area contributed by atoms with Crippen molar-refractivity contribution in [3.63, 3.8) is 0 Å². The lowest BCUT2D eigenvalue weighted by Gasteiger charge is -2.20. The van der Waals surface area contributed by atoms with Crippen LogP contribution in [0.4, 0.5) is 0 Å². The van der Waals surface area contributed by atoms with Crippen LogP contribution in [-0.2, 0) is 5.54 Å². The standard InChI is InChI=1S/C7H12N4/c1-7(8,5-2-3-5)6-9-4-10-11-6/h4-5H,2-3,8H2,1H3,(H,9,10,11). The summed E-state index contributed by atoms with van der Waals surface area (Å²) in [5.41, 5.74) is 5.76. The molecule has 1 heterocycles. The Morgan fingerprint density at radius 3 is 2.91 bits per heavy atom. The maximum atomic E-state index is 6.05. The molecule has 1 aromatic rings. The van der Waals surface area contributed by atoms with Gasteiger partial charge in [0.25, 0.3) is 0 Å². The predicted molar refractivity (Wildman–Crippen MR) is 40.6 cm³/mol. The molecule has 4 heteroatoms. The molecular formula is C7H12N4. The number of nitrogens with two attached hydrogens (primary N) is 1. The first-order valence-corrected chi connectivity index (χ1v) is 3.86. The Bertz CT molecular complexity index is 235. The van der Waals surface area contributed by atoms with E-state index in [1.165, 1.54) is 19.2 Å². The van der Waals surface area contributed by atoms with Crippen molar-refractivity contribution in [3.8, 4) is 0 Å². The number of nitrogens with zero attached hydrogens (tertiary/aromatic N) is 2. The van der Waals surface area contributed by atoms with Gasteiger partial charge < -0.3 is 5.73 Å². The summed E-state index contributed by atoms with van der Waals surface area (Å²) in [6.45, 7) is 2.01. The lowest BCUT2D eigenvalue weighted by Crippen LogP contribution is -2.36. The molecule has 0 aliphatic heterocycles. The lowest BCUT2D eigenvalue weighted by molar-refractivity contribution is 0.402. The van der Waals surface area contributed by atoms with Crippen LogP contribution >= 0.6 is 0 Å². The first kappa shape index (κ1) is 6.79. The number of aromatic nitrogens is 3. The molecule has 0 aromatic carbocycles. The van der Waals surface area contributed by atoms with Crippen LogP contribution in [0.15, 0.2) is 6.33 Å². The largest absolute Gasteiger partial charge is 0.319 e. The molecule has 2 rings (SSSR count). The average Bonchev–Trinajstić information content (AvgIpc) is 2.66. The second kappa shape index (κ2) is 2.04. The number of hydrogen-bond donors (Lipinski definition) is 2. The molecule has 1 aliphatic rings. The minimum atomic E-state index is -0.295. The van der Waals surface area contributed by atoms with Gasteiger partial charge in [-0.2, -0.15) is 5.10 Å². The monoisotopic (exact) mass is 152 g/mol. The van der Waals surface area contributed by atoms with Gasteiger partial charge in [-0.25, -0.2) is 4.98 Å². The van der Waals surface area contributed by atoms with Gasteiger partial charge in [-0.05, 0) is 25.7 Å². The highest BCUT2D eigenvalue weighted by Crippen LogP contribution is 2.42. The zero-order valence-corrected chi connectivity index (χ0v) is 6.54. The van der Waals surface area contributed by atoms with E-state index >= 15 is 0 Å². The third kappa shape index (κ3) is 1.03. The van der Waals surface area contributed by atoms with Crippen LogP contribution in [0, 0.1) is 5.92 Å². The highest BCUT2D eigenvalue weighted by molar-refractivity contribution is 5.07. The van der Waals surface area contributed by atoms with E-state index in [4.69, 9.17) is 5.73 Å². The summed E-state index contributed by atoms with van der Waals surface area (Å²) in [7, 11) is 0. The van der Waals surface area contributed by atoms with Crippen molar-refractivity contribution >= 4 is 0 Å². The van der Waals surface area contributed by atoms with Crippen LogP contribution in [0.2, 0.25) is 0 Å². The third-order valence-electron chi connectivity index (χ3n) is 2.35. The van der Waals surface area contributed by atoms with Gasteiger partial charge in [0.05, 0.1) is 5.54 Å². The molecule has 1 fully saturated rings. The maximum Gasteiger partial charge on any atom is 0.144 e. The van der Waals surface area contributed by atoms with Crippen LogP contribution in [-0.4, -0.2) is 15.2 Å². The van der Waals surface area contributed by atoms with E-state index in [9.17, 15) is 0 Å². The number of nitrogens with one attached hydrogen (secondary N) is 1. The van der Waals surface area contributed by atoms with E-state index in [0.717, 1.165) is 5.82 Å². The summed E-state index contributed by atoms with van der Waals surface area (Å²) in [4.78, 5) is 4.06. The van der Waals surface area contributed by atoms with Crippen LogP contribution in [0.1, 0.15) is 25.6 Å². The highest BCUT2D eigenvalue weighted by atomic mass is 15.2. The Hall–Kier alpha value is -0.900. The van der Waals surface area contributed by atoms with Gasteiger partial charge in [0.1, 0.15) is 12.2 Å². The number of H-pyrrole nitrogens is 1. The summed E-state index contributed by atoms with van der Waals surface area (Å²) < 4.78 is 0. The molecule has 0 bridgehead atoms. The van der Waals surface area contributed by atoms with E-state index in [-0.39, 0.29) is 5.54 Å². The first-order chi connectivity index (χ1) is 5.21. The highest BCUT2D eigenvalue weighted by Gasteiger charge is 2.41. The van der Waals surface area contributed by atoms with Gasteiger partial charge in [0.15, 0.2) is 0 Å². The van der Waals surface area contributed by atoms with E-state index in [0.29, 0.717) is 5.92 Å². The zero-order chi connectivity index (χ0) is 7.90. The Labute approximate surface area is 65.2 Å². The predicted octanol–water partition coefficient (Wildman–Crippen LogP) is 0.389. The molecule has 11 heavy (non-hydrogen) atoms. The summed E-state index contributed by atoms with van der Waals surface area (Å²) in [5.74, 6) is 1.40. The van der Waals surface area contributed by atoms with Crippen LogP contribution < -0.4 is 5.73 Å². The molecule has 1 atom stereocenters. The van der Waals surface area contributed by atoms with Crippen molar-refractivity contribution in [1.82, 2.24) is 15.2 Å². The topological polar surface area (TPSA) is 67.6 Å². The fourth-order valence-electron chi connectivity index (χ4n) is 1.34. The van der Waals surface area contributed by atoms with Gasteiger partial charge in [-0.15, -0.1) is 0 Å². The molecule has 1 aromatic heterocycles. The smallest absolute Gasteiger partial charge is 0.144 e. The fourth-order valence-corrected chi connectivity index (χ4v) is 1.34. The van der Waals surface area contributed by atoms with E-state index in [1.807, 2.05) is 6.92 Å². The van der Waals surface area contributed by atoms with Crippen molar-refractivity contribution in [2.45, 2.75) is 25.3 Å². The molecular weight excluding hydrogens is 140 g/mol. The minimum Gasteiger partial charge on any atom is -0.319 e. The van der Waals surface area contributed by atoms with E-state index in [2.05, 4.69) is 15.2 Å². The Balaban J connectivity index is 2.26. The molecule has 0 amide bonds. The maximum absolute atomic E-state index is 6.05. The molecule has 1 aliphatic carbocycles. The van der Waals surface area contributed by atoms with E-state index in [1.54, 1.807) is 0 Å². The van der Waals surface area contributed by atoms with Gasteiger partial charge in [-0.1, -0.05) is 0 Å². The van der Waals surface area contributed by atoms with Gasteiger partial charge in [-0.3, -0.25) is 5.10 Å². The number of rotatable bonds is 2. The van der Waals surface area contributed by atoms with Crippen molar-refractivity contribution < 1.29 is 0 Å². The molecule has 1 saturated carbocycles. The van der Waals surface area contributed by atoms with Crippen molar-refractivity contribution in [3.05, 3.63) is 12.2 Å². The number of hydrogen-bond acceptors (Lipinski definition) is 3. The Kier molecular flexibility index (Phi) is 1.26. The summed E-state index contributed by atoms with van der Waals surface area (Å²) in [5, 5.41) is 6.60. The lowest BCUT2D eigenvalue weighted by atomic mass is 9.97. The minimum absolute atomic E-state index is 0.295. The fraction of sp³-hybridized carbons (Fsp3) is 0.714. The summed E-state index contributed by atoms with van der Waals surface area (Å²) in [6.07, 6.45) is 3.93. The number of aromatic amines is 1. The first-order valence-electron chi connectivity index (χ1n) is 3.86. The van der Waals surface area contributed by atoms with Crippen LogP contribution in [0.25, 0.3) is 0 Å². The Morgan fingerprint density at radius 1 is 1.73 bits per heavy atom. The zero-order valence-electron chi connectivity index (χ0n) is 6.54.